The number of amides is 3. The Labute approximate surface area is 170 Å². The molecule has 0 unspecified atom stereocenters. The summed E-state index contributed by atoms with van der Waals surface area (Å²) in [5, 5.41) is 8.44. The highest BCUT2D eigenvalue weighted by Crippen LogP contribution is 2.03. The first-order valence-corrected chi connectivity index (χ1v) is 9.42. The SMILES string of the molecule is CC(C)[C@H](NC(=O)CCOCCOCCOCCN=[N+]=[N-])C(=O)N[C@@H](C)C(N)=O. The van der Waals surface area contributed by atoms with Crippen molar-refractivity contribution in [2.45, 2.75) is 39.3 Å². The van der Waals surface area contributed by atoms with Crippen LogP contribution in [0.25, 0.3) is 10.4 Å². The first kappa shape index (κ1) is 26.6. The molecule has 3 amide bonds. The molecule has 4 N–H and O–H groups in total. The third-order valence-corrected chi connectivity index (χ3v) is 3.67. The fourth-order valence-corrected chi connectivity index (χ4v) is 2.01. The lowest BCUT2D eigenvalue weighted by atomic mass is 10.0. The molecule has 2 atom stereocenters. The summed E-state index contributed by atoms with van der Waals surface area (Å²) in [5.41, 5.74) is 13.2. The highest BCUT2D eigenvalue weighted by Gasteiger charge is 2.26. The summed E-state index contributed by atoms with van der Waals surface area (Å²) < 4.78 is 15.8. The Hall–Kier alpha value is -2.40. The van der Waals surface area contributed by atoms with Gasteiger partial charge in [0.1, 0.15) is 12.1 Å². The van der Waals surface area contributed by atoms with E-state index in [1.807, 2.05) is 0 Å². The zero-order valence-corrected chi connectivity index (χ0v) is 17.3. The van der Waals surface area contributed by atoms with Crippen molar-refractivity contribution in [2.75, 3.05) is 46.2 Å². The number of azide groups is 1. The Morgan fingerprint density at radius 3 is 2.03 bits per heavy atom. The summed E-state index contributed by atoms with van der Waals surface area (Å²) in [5.74, 6) is -1.61. The van der Waals surface area contributed by atoms with Crippen LogP contribution in [0.3, 0.4) is 0 Å². The van der Waals surface area contributed by atoms with Gasteiger partial charge in [0.2, 0.25) is 17.7 Å². The van der Waals surface area contributed by atoms with Crippen molar-refractivity contribution in [1.82, 2.24) is 10.6 Å². The Bertz CT molecular complexity index is 553. The van der Waals surface area contributed by atoms with Crippen molar-refractivity contribution in [1.29, 1.82) is 0 Å². The largest absolute Gasteiger partial charge is 0.379 e. The Morgan fingerprint density at radius 2 is 1.52 bits per heavy atom. The maximum Gasteiger partial charge on any atom is 0.243 e. The number of carbonyl (C=O) groups is 3. The third kappa shape index (κ3) is 14.3. The molecule has 0 bridgehead atoms. The number of ether oxygens (including phenoxy) is 3. The van der Waals surface area contributed by atoms with Gasteiger partial charge < -0.3 is 30.6 Å². The number of hydrogen-bond acceptors (Lipinski definition) is 7. The second-order valence-corrected chi connectivity index (χ2v) is 6.46. The maximum absolute atomic E-state index is 12.2. The van der Waals surface area contributed by atoms with Crippen LogP contribution in [-0.2, 0) is 28.6 Å². The van der Waals surface area contributed by atoms with E-state index >= 15 is 0 Å². The van der Waals surface area contributed by atoms with Crippen LogP contribution in [0.4, 0.5) is 0 Å². The van der Waals surface area contributed by atoms with Crippen LogP contribution in [0.2, 0.25) is 0 Å². The van der Waals surface area contributed by atoms with E-state index in [2.05, 4.69) is 20.7 Å². The Morgan fingerprint density at radius 1 is 0.966 bits per heavy atom. The van der Waals surface area contributed by atoms with Gasteiger partial charge in [-0.15, -0.1) is 0 Å². The monoisotopic (exact) mass is 416 g/mol. The van der Waals surface area contributed by atoms with Gasteiger partial charge in [0, 0.05) is 17.9 Å². The van der Waals surface area contributed by atoms with Gasteiger partial charge in [-0.3, -0.25) is 14.4 Å². The second-order valence-electron chi connectivity index (χ2n) is 6.46. The van der Waals surface area contributed by atoms with Crippen LogP contribution in [0.5, 0.6) is 0 Å². The quantitative estimate of drug-likeness (QED) is 0.129. The molecule has 0 rings (SSSR count). The van der Waals surface area contributed by atoms with Crippen LogP contribution in [-0.4, -0.2) is 76.0 Å². The highest BCUT2D eigenvalue weighted by atomic mass is 16.5. The van der Waals surface area contributed by atoms with Gasteiger partial charge >= 0.3 is 0 Å². The zero-order chi connectivity index (χ0) is 22.1. The summed E-state index contributed by atoms with van der Waals surface area (Å²) in [6, 6.07) is -1.59. The number of nitrogens with one attached hydrogen (secondary N) is 2. The number of rotatable bonds is 17. The third-order valence-electron chi connectivity index (χ3n) is 3.67. The number of nitrogens with two attached hydrogens (primary N) is 1. The van der Waals surface area contributed by atoms with Crippen LogP contribution in [0, 0.1) is 5.92 Å². The van der Waals surface area contributed by atoms with Gasteiger partial charge in [0.25, 0.3) is 0 Å². The standard InChI is InChI=1S/C17H32N6O6/c1-12(2)15(17(26)21-13(3)16(18)25)22-14(24)4-6-27-8-10-29-11-9-28-7-5-20-23-19/h12-13,15H,4-11H2,1-3H3,(H2,18,25)(H,21,26)(H,22,24)/t13-,15-/m0/s1. The molecule has 0 aliphatic rings. The average Bonchev–Trinajstić information content (AvgIpc) is 2.66. The normalized spacial score (nSPS) is 12.7. The topological polar surface area (TPSA) is 178 Å². The predicted octanol–water partition coefficient (Wildman–Crippen LogP) is -0.133. The van der Waals surface area contributed by atoms with Crippen molar-refractivity contribution in [2.24, 2.45) is 16.8 Å². The maximum atomic E-state index is 12.2. The molecule has 0 aliphatic carbocycles. The molecule has 166 valence electrons. The van der Waals surface area contributed by atoms with E-state index in [1.165, 1.54) is 6.92 Å². The van der Waals surface area contributed by atoms with Crippen molar-refractivity contribution in [3.8, 4) is 0 Å². The van der Waals surface area contributed by atoms with Crippen LogP contribution in [0.1, 0.15) is 27.2 Å². The number of carbonyl (C=O) groups excluding carboxylic acids is 3. The lowest BCUT2D eigenvalue weighted by molar-refractivity contribution is -0.132. The van der Waals surface area contributed by atoms with Gasteiger partial charge in [-0.1, -0.05) is 19.0 Å². The van der Waals surface area contributed by atoms with Crippen molar-refractivity contribution >= 4 is 17.7 Å². The molecule has 12 nitrogen and oxygen atoms in total. The van der Waals surface area contributed by atoms with Crippen LogP contribution >= 0.6 is 0 Å². The smallest absolute Gasteiger partial charge is 0.243 e. The summed E-state index contributed by atoms with van der Waals surface area (Å²) in [6.45, 7) is 7.29. The molecule has 0 aromatic heterocycles. The molecule has 0 aromatic rings. The zero-order valence-electron chi connectivity index (χ0n) is 17.3. The van der Waals surface area contributed by atoms with E-state index in [4.69, 9.17) is 25.5 Å². The molecule has 0 saturated heterocycles. The molecule has 29 heavy (non-hydrogen) atoms. The van der Waals surface area contributed by atoms with Gasteiger partial charge in [0.15, 0.2) is 0 Å². The van der Waals surface area contributed by atoms with E-state index in [-0.39, 0.29) is 31.4 Å². The fourth-order valence-electron chi connectivity index (χ4n) is 2.01. The van der Waals surface area contributed by atoms with Gasteiger partial charge in [0.05, 0.1) is 39.6 Å². The Kier molecular flexibility index (Phi) is 15.2. The number of nitrogens with zero attached hydrogens (tertiary/aromatic N) is 3. The molecule has 0 saturated carbocycles. The lowest BCUT2D eigenvalue weighted by Gasteiger charge is -2.23. The summed E-state index contributed by atoms with van der Waals surface area (Å²) in [6.07, 6.45) is 0.0877. The minimum Gasteiger partial charge on any atom is -0.379 e. The highest BCUT2D eigenvalue weighted by molar-refractivity contribution is 5.91. The average molecular weight is 416 g/mol. The molecular weight excluding hydrogens is 384 g/mol. The fraction of sp³-hybridized carbons (Fsp3) is 0.824. The van der Waals surface area contributed by atoms with E-state index in [9.17, 15) is 14.4 Å². The molecule has 0 fully saturated rings. The molecule has 0 spiro atoms. The first-order valence-electron chi connectivity index (χ1n) is 9.42. The van der Waals surface area contributed by atoms with Crippen molar-refractivity contribution < 1.29 is 28.6 Å². The molecular formula is C17H32N6O6. The van der Waals surface area contributed by atoms with Gasteiger partial charge in [-0.2, -0.15) is 0 Å². The van der Waals surface area contributed by atoms with Gasteiger partial charge in [-0.25, -0.2) is 0 Å². The van der Waals surface area contributed by atoms with E-state index < -0.39 is 23.9 Å². The van der Waals surface area contributed by atoms with Crippen LogP contribution in [0.15, 0.2) is 5.11 Å². The van der Waals surface area contributed by atoms with Gasteiger partial charge in [-0.05, 0) is 18.4 Å². The molecule has 0 aliphatic heterocycles. The second kappa shape index (κ2) is 16.5. The molecule has 0 heterocycles. The lowest BCUT2D eigenvalue weighted by Crippen LogP contribution is -2.54. The van der Waals surface area contributed by atoms with E-state index in [0.717, 1.165) is 0 Å². The summed E-state index contributed by atoms with van der Waals surface area (Å²) >= 11 is 0. The van der Waals surface area contributed by atoms with Crippen molar-refractivity contribution in [3.05, 3.63) is 10.4 Å². The van der Waals surface area contributed by atoms with Crippen molar-refractivity contribution in [3.63, 3.8) is 0 Å². The number of primary amides is 1. The summed E-state index contributed by atoms with van der Waals surface area (Å²) in [7, 11) is 0. The first-order chi connectivity index (χ1) is 13.8. The summed E-state index contributed by atoms with van der Waals surface area (Å²) in [4.78, 5) is 37.9. The number of hydrogen-bond donors (Lipinski definition) is 3. The minimum absolute atomic E-state index is 0.0877. The molecule has 12 heteroatoms. The predicted molar refractivity (Wildman–Crippen MR) is 105 cm³/mol. The Balaban J connectivity index is 3.88. The van der Waals surface area contributed by atoms with E-state index in [1.54, 1.807) is 13.8 Å². The van der Waals surface area contributed by atoms with E-state index in [0.29, 0.717) is 33.0 Å². The molecule has 0 aromatic carbocycles. The van der Waals surface area contributed by atoms with Crippen LogP contribution < -0.4 is 16.4 Å². The minimum atomic E-state index is -0.819. The molecule has 0 radical (unpaired) electrons.